The van der Waals surface area contributed by atoms with E-state index in [-0.39, 0.29) is 24.5 Å². The number of para-hydroxylation sites is 1. The second-order valence-corrected chi connectivity index (χ2v) is 7.18. The summed E-state index contributed by atoms with van der Waals surface area (Å²) in [5.41, 5.74) is 3.22. The molecule has 2 heterocycles. The minimum absolute atomic E-state index is 0.196. The molecule has 0 aliphatic carbocycles. The van der Waals surface area contributed by atoms with Gasteiger partial charge in [0.05, 0.1) is 35.0 Å². The number of ether oxygens (including phenoxy) is 2. The Morgan fingerprint density at radius 2 is 1.84 bits per heavy atom. The maximum absolute atomic E-state index is 13.1. The molecule has 0 spiro atoms. The highest BCUT2D eigenvalue weighted by Crippen LogP contribution is 2.25. The lowest BCUT2D eigenvalue weighted by Crippen LogP contribution is -2.51. The van der Waals surface area contributed by atoms with Crippen molar-refractivity contribution in [1.82, 2.24) is 15.6 Å². The van der Waals surface area contributed by atoms with Crippen molar-refractivity contribution in [3.05, 3.63) is 52.4 Å². The Morgan fingerprint density at radius 1 is 1.10 bits per heavy atom. The Bertz CT molecular complexity index is 1060. The van der Waals surface area contributed by atoms with Gasteiger partial charge < -0.3 is 20.1 Å². The smallest absolute Gasteiger partial charge is 0.339 e. The van der Waals surface area contributed by atoms with Crippen LogP contribution < -0.4 is 10.6 Å². The zero-order valence-electron chi connectivity index (χ0n) is 18.2. The molecule has 1 aliphatic rings. The number of fused-ring (bicyclic) bond motifs is 1. The van der Waals surface area contributed by atoms with E-state index < -0.39 is 24.0 Å². The van der Waals surface area contributed by atoms with Gasteiger partial charge in [0.25, 0.3) is 0 Å². The van der Waals surface area contributed by atoms with Crippen LogP contribution in [0, 0.1) is 6.92 Å². The molecule has 0 saturated carbocycles. The summed E-state index contributed by atoms with van der Waals surface area (Å²) in [6, 6.07) is 6.41. The first-order valence-electron chi connectivity index (χ1n) is 10.4. The van der Waals surface area contributed by atoms with Gasteiger partial charge in [-0.25, -0.2) is 14.4 Å². The lowest BCUT2D eigenvalue weighted by atomic mass is 10.00. The van der Waals surface area contributed by atoms with Gasteiger partial charge in [-0.05, 0) is 38.3 Å². The van der Waals surface area contributed by atoms with E-state index in [1.165, 1.54) is 0 Å². The van der Waals surface area contributed by atoms with E-state index in [0.29, 0.717) is 29.3 Å². The summed E-state index contributed by atoms with van der Waals surface area (Å²) in [4.78, 5) is 42.3. The van der Waals surface area contributed by atoms with Crippen LogP contribution in [0.3, 0.4) is 0 Å². The monoisotopic (exact) mass is 425 g/mol. The molecule has 2 aromatic rings. The van der Waals surface area contributed by atoms with E-state index in [4.69, 9.17) is 9.47 Å². The molecule has 1 aromatic carbocycles. The van der Waals surface area contributed by atoms with Gasteiger partial charge >= 0.3 is 18.0 Å². The van der Waals surface area contributed by atoms with E-state index in [1.54, 1.807) is 6.92 Å². The molecular formula is C23H27N3O5. The molecule has 0 unspecified atom stereocenters. The Hall–Kier alpha value is -3.42. The highest BCUT2D eigenvalue weighted by atomic mass is 16.5. The third-order valence-corrected chi connectivity index (χ3v) is 5.27. The maximum Gasteiger partial charge on any atom is 0.339 e. The van der Waals surface area contributed by atoms with E-state index in [2.05, 4.69) is 15.6 Å². The summed E-state index contributed by atoms with van der Waals surface area (Å²) in [6.45, 7) is 7.31. The fourth-order valence-electron chi connectivity index (χ4n) is 3.75. The number of nitrogens with one attached hydrogen (secondary N) is 2. The SMILES string of the molecule is CCOC(=O)C1=C(COC(=O)c2c(C)c(CC)nc3ccccc23)NC(=O)N[C@@H]1CC. The van der Waals surface area contributed by atoms with Crippen molar-refractivity contribution >= 4 is 28.9 Å². The average molecular weight is 425 g/mol. The first-order chi connectivity index (χ1) is 14.9. The molecule has 0 fully saturated rings. The average Bonchev–Trinajstić information content (AvgIpc) is 2.76. The predicted octanol–water partition coefficient (Wildman–Crippen LogP) is 3.17. The molecule has 31 heavy (non-hydrogen) atoms. The number of rotatable bonds is 7. The normalized spacial score (nSPS) is 16.0. The van der Waals surface area contributed by atoms with E-state index in [1.807, 2.05) is 45.0 Å². The number of carbonyl (C=O) groups is 3. The number of hydrogen-bond donors (Lipinski definition) is 2. The van der Waals surface area contributed by atoms with Gasteiger partial charge in [0.15, 0.2) is 0 Å². The van der Waals surface area contributed by atoms with E-state index in [0.717, 1.165) is 11.3 Å². The van der Waals surface area contributed by atoms with E-state index in [9.17, 15) is 14.4 Å². The van der Waals surface area contributed by atoms with Crippen LogP contribution in [0.1, 0.15) is 48.8 Å². The molecule has 0 bridgehead atoms. The van der Waals surface area contributed by atoms with Crippen LogP contribution in [0.4, 0.5) is 4.79 Å². The topological polar surface area (TPSA) is 107 Å². The number of esters is 2. The lowest BCUT2D eigenvalue weighted by molar-refractivity contribution is -0.139. The lowest BCUT2D eigenvalue weighted by Gasteiger charge is -2.28. The maximum atomic E-state index is 13.1. The quantitative estimate of drug-likeness (QED) is 0.660. The largest absolute Gasteiger partial charge is 0.463 e. The number of carbonyl (C=O) groups excluding carboxylic acids is 3. The van der Waals surface area contributed by atoms with Crippen molar-refractivity contribution in [2.24, 2.45) is 0 Å². The van der Waals surface area contributed by atoms with Gasteiger partial charge in [-0.15, -0.1) is 0 Å². The predicted molar refractivity (Wildman–Crippen MR) is 116 cm³/mol. The Kier molecular flexibility index (Phi) is 6.89. The summed E-state index contributed by atoms with van der Waals surface area (Å²) in [7, 11) is 0. The first-order valence-corrected chi connectivity index (χ1v) is 10.4. The zero-order chi connectivity index (χ0) is 22.5. The standard InChI is InChI=1S/C23H27N3O5/c1-5-15-13(4)19(14-10-8-9-11-17(14)24-15)21(27)31-12-18-20(22(28)30-7-3)16(6-2)25-23(29)26-18/h8-11,16H,5-7,12H2,1-4H3,(H2,25,26,29)/t16-/m1/s1. The van der Waals surface area contributed by atoms with Crippen molar-refractivity contribution < 1.29 is 23.9 Å². The molecule has 2 amide bonds. The number of amides is 2. The van der Waals surface area contributed by atoms with Crippen LogP contribution in [0.2, 0.25) is 0 Å². The molecule has 8 heteroatoms. The van der Waals surface area contributed by atoms with Crippen molar-refractivity contribution in [2.45, 2.75) is 46.6 Å². The fourth-order valence-corrected chi connectivity index (χ4v) is 3.75. The Labute approximate surface area is 181 Å². The minimum atomic E-state index is -0.549. The highest BCUT2D eigenvalue weighted by molar-refractivity contribution is 6.05. The summed E-state index contributed by atoms with van der Waals surface area (Å²) in [5.74, 6) is -1.09. The first kappa shape index (κ1) is 22.3. The van der Waals surface area contributed by atoms with Crippen molar-refractivity contribution in [2.75, 3.05) is 13.2 Å². The fraction of sp³-hybridized carbons (Fsp3) is 0.391. The molecule has 1 atom stereocenters. The number of hydrogen-bond acceptors (Lipinski definition) is 6. The summed E-state index contributed by atoms with van der Waals surface area (Å²) >= 11 is 0. The number of aryl methyl sites for hydroxylation is 1. The number of urea groups is 1. The van der Waals surface area contributed by atoms with Crippen LogP contribution in [0.25, 0.3) is 10.9 Å². The summed E-state index contributed by atoms with van der Waals surface area (Å²) in [5, 5.41) is 5.98. The van der Waals surface area contributed by atoms with Gasteiger partial charge in [0.1, 0.15) is 6.61 Å². The third kappa shape index (κ3) is 4.52. The van der Waals surface area contributed by atoms with Crippen LogP contribution in [0.15, 0.2) is 35.5 Å². The minimum Gasteiger partial charge on any atom is -0.463 e. The third-order valence-electron chi connectivity index (χ3n) is 5.27. The molecular weight excluding hydrogens is 398 g/mol. The number of benzene rings is 1. The van der Waals surface area contributed by atoms with Gasteiger partial charge in [-0.2, -0.15) is 0 Å². The van der Waals surface area contributed by atoms with Gasteiger partial charge in [0.2, 0.25) is 0 Å². The van der Waals surface area contributed by atoms with Gasteiger partial charge in [-0.1, -0.05) is 32.0 Å². The molecule has 164 valence electrons. The molecule has 0 saturated heterocycles. The second-order valence-electron chi connectivity index (χ2n) is 7.18. The number of pyridine rings is 1. The zero-order valence-corrected chi connectivity index (χ0v) is 18.2. The molecule has 2 N–H and O–H groups in total. The van der Waals surface area contributed by atoms with Gasteiger partial charge in [-0.3, -0.25) is 4.98 Å². The molecule has 1 aromatic heterocycles. The van der Waals surface area contributed by atoms with Crippen LogP contribution in [0.5, 0.6) is 0 Å². The summed E-state index contributed by atoms with van der Waals surface area (Å²) in [6.07, 6.45) is 1.17. The van der Waals surface area contributed by atoms with Crippen LogP contribution in [-0.4, -0.2) is 42.2 Å². The molecule has 1 aliphatic heterocycles. The Morgan fingerprint density at radius 3 is 2.52 bits per heavy atom. The van der Waals surface area contributed by atoms with E-state index >= 15 is 0 Å². The van der Waals surface area contributed by atoms with Crippen molar-refractivity contribution in [1.29, 1.82) is 0 Å². The molecule has 8 nitrogen and oxygen atoms in total. The van der Waals surface area contributed by atoms with Gasteiger partial charge in [0, 0.05) is 11.1 Å². The number of aromatic nitrogens is 1. The van der Waals surface area contributed by atoms with Crippen molar-refractivity contribution in [3.63, 3.8) is 0 Å². The summed E-state index contributed by atoms with van der Waals surface area (Å²) < 4.78 is 10.7. The number of nitrogens with zero attached hydrogens (tertiary/aromatic N) is 1. The van der Waals surface area contributed by atoms with Crippen molar-refractivity contribution in [3.8, 4) is 0 Å². The molecule has 0 radical (unpaired) electrons. The highest BCUT2D eigenvalue weighted by Gasteiger charge is 2.32. The van der Waals surface area contributed by atoms with Crippen LogP contribution in [-0.2, 0) is 20.7 Å². The molecule has 3 rings (SSSR count). The Balaban J connectivity index is 1.96. The van der Waals surface area contributed by atoms with Crippen LogP contribution >= 0.6 is 0 Å². The second kappa shape index (κ2) is 9.59.